The lowest BCUT2D eigenvalue weighted by Gasteiger charge is -2.42. The van der Waals surface area contributed by atoms with Gasteiger partial charge in [0.25, 0.3) is 5.91 Å². The van der Waals surface area contributed by atoms with Crippen LogP contribution in [0.3, 0.4) is 0 Å². The van der Waals surface area contributed by atoms with E-state index in [-0.39, 0.29) is 35.1 Å². The van der Waals surface area contributed by atoms with Crippen LogP contribution in [0.25, 0.3) is 0 Å². The number of carbonyl (C=O) groups excluding carboxylic acids is 5. The molecular formula is C36H60N6O7S. The maximum atomic E-state index is 14.5. The van der Waals surface area contributed by atoms with Crippen molar-refractivity contribution in [3.63, 3.8) is 0 Å². The van der Waals surface area contributed by atoms with Gasteiger partial charge < -0.3 is 26.2 Å². The molecule has 1 aliphatic heterocycles. The number of urea groups is 1. The SMILES string of the molecule is CCC[C@H](NC(=O)[C@@H]1[C@@H]2[C@H](CN1C(=O)[C@@H](NC(=O)NC1(CS(=O)(=O)N(C)C3CCC3)CCCCC1)C(C)(C)C)C2(C)C)C(=O)C(=O)NC1CC1. The van der Waals surface area contributed by atoms with Crippen LogP contribution in [-0.2, 0) is 29.2 Å². The van der Waals surface area contributed by atoms with Gasteiger partial charge in [0, 0.05) is 25.7 Å². The number of nitrogens with zero attached hydrogens (tertiary/aromatic N) is 2. The Balaban J connectivity index is 1.32. The molecule has 0 bridgehead atoms. The summed E-state index contributed by atoms with van der Waals surface area (Å²) in [7, 11) is -2.02. The second kappa shape index (κ2) is 14.4. The minimum atomic E-state index is -3.65. The van der Waals surface area contributed by atoms with Crippen LogP contribution in [-0.4, -0.2) is 102 Å². The van der Waals surface area contributed by atoms with E-state index in [1.54, 1.807) is 7.05 Å². The van der Waals surface area contributed by atoms with Crippen LogP contribution in [0.4, 0.5) is 4.79 Å². The van der Waals surface area contributed by atoms with E-state index in [4.69, 9.17) is 0 Å². The summed E-state index contributed by atoms with van der Waals surface area (Å²) in [4.78, 5) is 69.6. The molecule has 0 spiro atoms. The summed E-state index contributed by atoms with van der Waals surface area (Å²) in [6.07, 6.45) is 8.80. The molecule has 5 fully saturated rings. The third-order valence-electron chi connectivity index (χ3n) is 12.2. The number of hydrogen-bond acceptors (Lipinski definition) is 7. The first-order valence-corrected chi connectivity index (χ1v) is 20.4. The molecule has 4 saturated carbocycles. The maximum Gasteiger partial charge on any atom is 0.315 e. The lowest BCUT2D eigenvalue weighted by Crippen LogP contribution is -2.64. The van der Waals surface area contributed by atoms with E-state index in [2.05, 4.69) is 35.1 Å². The smallest absolute Gasteiger partial charge is 0.315 e. The van der Waals surface area contributed by atoms with E-state index in [1.165, 1.54) is 9.21 Å². The summed E-state index contributed by atoms with van der Waals surface area (Å²) < 4.78 is 28.5. The van der Waals surface area contributed by atoms with Gasteiger partial charge in [-0.2, -0.15) is 0 Å². The molecule has 5 rings (SSSR count). The van der Waals surface area contributed by atoms with Crippen LogP contribution in [0.15, 0.2) is 0 Å². The number of ketones is 1. The third kappa shape index (κ3) is 8.16. The molecule has 0 aromatic rings. The fourth-order valence-electron chi connectivity index (χ4n) is 8.46. The van der Waals surface area contributed by atoms with Gasteiger partial charge in [0.05, 0.1) is 17.3 Å². The second-order valence-electron chi connectivity index (χ2n) is 17.4. The fourth-order valence-corrected chi connectivity index (χ4v) is 10.4. The van der Waals surface area contributed by atoms with Gasteiger partial charge in [0.2, 0.25) is 27.6 Å². The molecule has 0 radical (unpaired) electrons. The lowest BCUT2D eigenvalue weighted by atomic mass is 9.83. The molecule has 4 N–H and O–H groups in total. The molecule has 0 aromatic carbocycles. The molecule has 5 atom stereocenters. The molecule has 14 heteroatoms. The Labute approximate surface area is 298 Å². The molecule has 282 valence electrons. The quantitative estimate of drug-likeness (QED) is 0.200. The summed E-state index contributed by atoms with van der Waals surface area (Å²) in [5.41, 5.74) is -1.91. The van der Waals surface area contributed by atoms with Crippen LogP contribution >= 0.6 is 0 Å². The minimum Gasteiger partial charge on any atom is -0.347 e. The second-order valence-corrected chi connectivity index (χ2v) is 19.5. The van der Waals surface area contributed by atoms with E-state index < -0.39 is 68.6 Å². The van der Waals surface area contributed by atoms with Crippen LogP contribution in [0.2, 0.25) is 0 Å². The minimum absolute atomic E-state index is 0.00508. The Morgan fingerprint density at radius 2 is 1.58 bits per heavy atom. The molecule has 50 heavy (non-hydrogen) atoms. The van der Waals surface area contributed by atoms with Crippen molar-refractivity contribution < 1.29 is 32.4 Å². The van der Waals surface area contributed by atoms with Crippen molar-refractivity contribution in [1.29, 1.82) is 0 Å². The van der Waals surface area contributed by atoms with Gasteiger partial charge in [-0.15, -0.1) is 0 Å². The maximum absolute atomic E-state index is 14.5. The molecule has 13 nitrogen and oxygen atoms in total. The van der Waals surface area contributed by atoms with E-state index in [1.807, 2.05) is 27.7 Å². The highest BCUT2D eigenvalue weighted by Crippen LogP contribution is 2.65. The Morgan fingerprint density at radius 1 is 0.940 bits per heavy atom. The van der Waals surface area contributed by atoms with Crippen LogP contribution in [0.1, 0.15) is 119 Å². The zero-order valence-corrected chi connectivity index (χ0v) is 31.9. The number of sulfonamides is 1. The summed E-state index contributed by atoms with van der Waals surface area (Å²) in [5, 5.41) is 11.5. The van der Waals surface area contributed by atoms with Crippen molar-refractivity contribution in [3.8, 4) is 0 Å². The predicted octanol–water partition coefficient (Wildman–Crippen LogP) is 2.83. The number of likely N-dealkylation sites (tertiary alicyclic amines) is 1. The molecule has 0 aromatic heterocycles. The standard InChI is InChI=1S/C36H60N6O7S/c1-8-13-25(28(43)31(45)37-22-16-17-22)38-30(44)27-26-24(35(26,5)6)20-42(27)32(46)29(34(2,3)4)39-33(47)40-36(18-10-9-11-19-36)21-50(48,49)41(7)23-14-12-15-23/h22-27,29H,8-21H2,1-7H3,(H,37,45)(H,38,44)(H2,39,40,47)/t24-,25-,26-,27-,29+/m0/s1. The van der Waals surface area contributed by atoms with Crippen LogP contribution in [0.5, 0.6) is 0 Å². The number of carbonyl (C=O) groups is 5. The van der Waals surface area contributed by atoms with Gasteiger partial charge >= 0.3 is 6.03 Å². The Hall–Kier alpha value is -2.74. The molecular weight excluding hydrogens is 660 g/mol. The van der Waals surface area contributed by atoms with Crippen LogP contribution < -0.4 is 21.3 Å². The number of hydrogen-bond donors (Lipinski definition) is 4. The monoisotopic (exact) mass is 720 g/mol. The number of amides is 5. The summed E-state index contributed by atoms with van der Waals surface area (Å²) in [5.74, 6) is -2.52. The predicted molar refractivity (Wildman–Crippen MR) is 189 cm³/mol. The van der Waals surface area contributed by atoms with Crippen molar-refractivity contribution in [2.75, 3.05) is 19.3 Å². The molecule has 5 aliphatic rings. The van der Waals surface area contributed by atoms with Gasteiger partial charge in [0.1, 0.15) is 12.1 Å². The van der Waals surface area contributed by atoms with Crippen molar-refractivity contribution >= 4 is 39.6 Å². The molecule has 4 aliphatic carbocycles. The Bertz CT molecular complexity index is 1440. The molecule has 0 unspecified atom stereocenters. The molecule has 1 heterocycles. The topological polar surface area (TPSA) is 174 Å². The highest BCUT2D eigenvalue weighted by Gasteiger charge is 2.70. The number of rotatable bonds is 14. The van der Waals surface area contributed by atoms with Gasteiger partial charge in [-0.1, -0.05) is 73.6 Å². The van der Waals surface area contributed by atoms with Gasteiger partial charge in [-0.25, -0.2) is 17.5 Å². The Kier molecular flexibility index (Phi) is 11.0. The number of fused-ring (bicyclic) bond motifs is 1. The van der Waals surface area contributed by atoms with Crippen molar-refractivity contribution in [2.24, 2.45) is 22.7 Å². The molecule has 1 saturated heterocycles. The average Bonchev–Trinajstić information content (AvgIpc) is 3.84. The van der Waals surface area contributed by atoms with Gasteiger partial charge in [-0.05, 0) is 67.6 Å². The average molecular weight is 721 g/mol. The first kappa shape index (κ1) is 38.5. The fraction of sp³-hybridized carbons (Fsp3) is 0.861. The van der Waals surface area contributed by atoms with E-state index in [0.29, 0.717) is 32.2 Å². The summed E-state index contributed by atoms with van der Waals surface area (Å²) >= 11 is 0. The lowest BCUT2D eigenvalue weighted by molar-refractivity contribution is -0.145. The van der Waals surface area contributed by atoms with Crippen molar-refractivity contribution in [3.05, 3.63) is 0 Å². The van der Waals surface area contributed by atoms with Crippen molar-refractivity contribution in [2.45, 2.75) is 154 Å². The first-order valence-electron chi connectivity index (χ1n) is 18.8. The number of piperidine rings is 1. The third-order valence-corrected chi connectivity index (χ3v) is 14.3. The first-order chi connectivity index (χ1) is 23.3. The largest absolute Gasteiger partial charge is 0.347 e. The summed E-state index contributed by atoms with van der Waals surface area (Å²) in [6, 6.07) is -3.50. The normalized spacial score (nSPS) is 27.0. The Morgan fingerprint density at radius 3 is 2.12 bits per heavy atom. The zero-order chi connectivity index (χ0) is 36.8. The highest BCUT2D eigenvalue weighted by atomic mass is 32.2. The number of Topliss-reactive ketones (excluding diaryl/α,β-unsaturated/α-hetero) is 1. The van der Waals surface area contributed by atoms with E-state index in [9.17, 15) is 32.4 Å². The highest BCUT2D eigenvalue weighted by molar-refractivity contribution is 7.89. The van der Waals surface area contributed by atoms with Crippen molar-refractivity contribution in [1.82, 2.24) is 30.5 Å². The van der Waals surface area contributed by atoms with Crippen LogP contribution in [0, 0.1) is 22.7 Å². The van der Waals surface area contributed by atoms with Gasteiger partial charge in [-0.3, -0.25) is 19.2 Å². The molecule has 5 amide bonds. The van der Waals surface area contributed by atoms with Gasteiger partial charge in [0.15, 0.2) is 0 Å². The summed E-state index contributed by atoms with van der Waals surface area (Å²) in [6.45, 7) is 11.9. The van der Waals surface area contributed by atoms with E-state index >= 15 is 0 Å². The number of nitrogens with one attached hydrogen (secondary N) is 4. The zero-order valence-electron chi connectivity index (χ0n) is 31.1. The van der Waals surface area contributed by atoms with E-state index in [0.717, 1.165) is 51.4 Å².